The fraction of sp³-hybridized carbons (Fsp3) is 0.316. The first-order chi connectivity index (χ1) is 14.2. The number of hydrogen-bond donors (Lipinski definition) is 1. The Morgan fingerprint density at radius 2 is 2.00 bits per heavy atom. The van der Waals surface area contributed by atoms with Crippen LogP contribution < -0.4 is 5.32 Å². The molecule has 11 heteroatoms. The van der Waals surface area contributed by atoms with Crippen molar-refractivity contribution in [1.29, 1.82) is 0 Å². The molecule has 0 atom stereocenters. The van der Waals surface area contributed by atoms with Crippen molar-refractivity contribution in [2.24, 2.45) is 0 Å². The van der Waals surface area contributed by atoms with Crippen molar-refractivity contribution < 1.29 is 22.4 Å². The molecule has 0 aliphatic carbocycles. The predicted octanol–water partition coefficient (Wildman–Crippen LogP) is 2.79. The lowest BCUT2D eigenvalue weighted by molar-refractivity contribution is -0.118. The summed E-state index contributed by atoms with van der Waals surface area (Å²) in [5.41, 5.74) is 0.878. The van der Waals surface area contributed by atoms with Crippen LogP contribution in [0.15, 0.2) is 44.9 Å². The van der Waals surface area contributed by atoms with Crippen molar-refractivity contribution in [1.82, 2.24) is 14.6 Å². The van der Waals surface area contributed by atoms with E-state index in [4.69, 9.17) is 4.42 Å². The SMILES string of the molecule is CC(=O)NCCc1ccc(C(=O)CSc2nc3cc(S(=O)(=O)N(C)C)ccc3o2)s1. The molecule has 0 aliphatic rings. The summed E-state index contributed by atoms with van der Waals surface area (Å²) in [6.07, 6.45) is 0.675. The van der Waals surface area contributed by atoms with Crippen molar-refractivity contribution in [3.8, 4) is 0 Å². The predicted molar refractivity (Wildman–Crippen MR) is 117 cm³/mol. The Morgan fingerprint density at radius 3 is 2.70 bits per heavy atom. The zero-order valence-electron chi connectivity index (χ0n) is 16.7. The molecule has 1 N–H and O–H groups in total. The highest BCUT2D eigenvalue weighted by molar-refractivity contribution is 7.99. The Balaban J connectivity index is 1.63. The van der Waals surface area contributed by atoms with E-state index in [1.165, 1.54) is 44.5 Å². The van der Waals surface area contributed by atoms with E-state index in [1.807, 2.05) is 6.07 Å². The van der Waals surface area contributed by atoms with Crippen molar-refractivity contribution in [3.63, 3.8) is 0 Å². The largest absolute Gasteiger partial charge is 0.431 e. The number of thiophene rings is 1. The second-order valence-electron chi connectivity index (χ2n) is 6.61. The summed E-state index contributed by atoms with van der Waals surface area (Å²) in [5, 5.41) is 3.03. The molecular formula is C19H21N3O5S3. The number of amides is 1. The highest BCUT2D eigenvalue weighted by Crippen LogP contribution is 2.27. The molecule has 0 fully saturated rings. The molecule has 3 rings (SSSR count). The number of carbonyl (C=O) groups is 2. The number of hydrogen-bond acceptors (Lipinski definition) is 8. The van der Waals surface area contributed by atoms with Crippen LogP contribution in [0, 0.1) is 0 Å². The number of oxazole rings is 1. The maximum Gasteiger partial charge on any atom is 0.257 e. The molecule has 30 heavy (non-hydrogen) atoms. The van der Waals surface area contributed by atoms with Crippen molar-refractivity contribution in [2.75, 3.05) is 26.4 Å². The van der Waals surface area contributed by atoms with E-state index in [1.54, 1.807) is 12.1 Å². The Labute approximate surface area is 182 Å². The van der Waals surface area contributed by atoms with Gasteiger partial charge < -0.3 is 9.73 Å². The first-order valence-corrected chi connectivity index (χ1v) is 12.2. The van der Waals surface area contributed by atoms with Crippen molar-refractivity contribution >= 4 is 55.9 Å². The zero-order chi connectivity index (χ0) is 21.9. The van der Waals surface area contributed by atoms with Gasteiger partial charge in [0.2, 0.25) is 15.9 Å². The molecule has 0 saturated heterocycles. The molecule has 1 amide bonds. The number of rotatable bonds is 9. The summed E-state index contributed by atoms with van der Waals surface area (Å²) in [6.45, 7) is 2.00. The van der Waals surface area contributed by atoms with Crippen LogP contribution in [0.25, 0.3) is 11.1 Å². The summed E-state index contributed by atoms with van der Waals surface area (Å²) >= 11 is 2.57. The van der Waals surface area contributed by atoms with Crippen LogP contribution in [0.2, 0.25) is 0 Å². The number of nitrogens with one attached hydrogen (secondary N) is 1. The van der Waals surface area contributed by atoms with Gasteiger partial charge in [-0.25, -0.2) is 17.7 Å². The van der Waals surface area contributed by atoms with Crippen LogP contribution in [-0.2, 0) is 21.2 Å². The summed E-state index contributed by atoms with van der Waals surface area (Å²) < 4.78 is 31.3. The molecular weight excluding hydrogens is 446 g/mol. The van der Waals surface area contributed by atoms with E-state index in [2.05, 4.69) is 10.3 Å². The van der Waals surface area contributed by atoms with Crippen LogP contribution in [0.3, 0.4) is 0 Å². The lowest BCUT2D eigenvalue weighted by Crippen LogP contribution is -2.22. The summed E-state index contributed by atoms with van der Waals surface area (Å²) in [5.74, 6) is 0.0272. The van der Waals surface area contributed by atoms with Gasteiger partial charge in [0.1, 0.15) is 5.52 Å². The third-order valence-corrected chi connectivity index (χ3v) is 7.95. The van der Waals surface area contributed by atoms with E-state index in [-0.39, 0.29) is 22.3 Å². The fourth-order valence-corrected chi connectivity index (χ4v) is 5.22. The maximum atomic E-state index is 12.5. The van der Waals surface area contributed by atoms with Gasteiger partial charge in [-0.1, -0.05) is 11.8 Å². The average Bonchev–Trinajstić information content (AvgIpc) is 3.31. The highest BCUT2D eigenvalue weighted by atomic mass is 32.2. The average molecular weight is 468 g/mol. The Bertz CT molecular complexity index is 1180. The molecule has 0 aliphatic heterocycles. The lowest BCUT2D eigenvalue weighted by Gasteiger charge is -2.10. The third-order valence-electron chi connectivity index (χ3n) is 4.13. The van der Waals surface area contributed by atoms with E-state index in [0.29, 0.717) is 34.2 Å². The van der Waals surface area contributed by atoms with Crippen molar-refractivity contribution in [2.45, 2.75) is 23.5 Å². The summed E-state index contributed by atoms with van der Waals surface area (Å²) in [6, 6.07) is 8.15. The molecule has 160 valence electrons. The smallest absolute Gasteiger partial charge is 0.257 e. The van der Waals surface area contributed by atoms with E-state index >= 15 is 0 Å². The van der Waals surface area contributed by atoms with Crippen LogP contribution in [0.5, 0.6) is 0 Å². The Morgan fingerprint density at radius 1 is 1.23 bits per heavy atom. The topological polar surface area (TPSA) is 110 Å². The molecule has 2 aromatic heterocycles. The highest BCUT2D eigenvalue weighted by Gasteiger charge is 2.19. The zero-order valence-corrected chi connectivity index (χ0v) is 19.1. The Hall–Kier alpha value is -2.21. The van der Waals surface area contributed by atoms with Gasteiger partial charge in [0.25, 0.3) is 5.22 Å². The molecule has 2 heterocycles. The summed E-state index contributed by atoms with van der Waals surface area (Å²) in [4.78, 5) is 29.5. The van der Waals surface area contributed by atoms with Gasteiger partial charge >= 0.3 is 0 Å². The number of benzene rings is 1. The normalized spacial score (nSPS) is 11.9. The van der Waals surface area contributed by atoms with Crippen molar-refractivity contribution in [3.05, 3.63) is 40.1 Å². The van der Waals surface area contributed by atoms with Crippen LogP contribution >= 0.6 is 23.1 Å². The maximum absolute atomic E-state index is 12.5. The van der Waals surface area contributed by atoms with Gasteiger partial charge in [0.05, 0.1) is 15.5 Å². The van der Waals surface area contributed by atoms with Gasteiger partial charge in [0.15, 0.2) is 11.4 Å². The molecule has 8 nitrogen and oxygen atoms in total. The first-order valence-electron chi connectivity index (χ1n) is 8.99. The molecule has 0 bridgehead atoms. The Kier molecular flexibility index (Phi) is 6.96. The fourth-order valence-electron chi connectivity index (χ4n) is 2.54. The number of Topliss-reactive ketones (excluding diaryl/α,β-unsaturated/α-hetero) is 1. The minimum atomic E-state index is -3.56. The van der Waals surface area contributed by atoms with Crippen LogP contribution in [0.4, 0.5) is 0 Å². The molecule has 0 radical (unpaired) electrons. The second-order valence-corrected chi connectivity index (χ2v) is 10.9. The number of fused-ring (bicyclic) bond motifs is 1. The van der Waals surface area contributed by atoms with Crippen LogP contribution in [0.1, 0.15) is 21.5 Å². The van der Waals surface area contributed by atoms with Gasteiger partial charge in [0, 0.05) is 32.4 Å². The number of nitrogens with zero attached hydrogens (tertiary/aromatic N) is 2. The van der Waals surface area contributed by atoms with Gasteiger partial charge in [-0.2, -0.15) is 0 Å². The lowest BCUT2D eigenvalue weighted by atomic mass is 10.3. The number of sulfonamides is 1. The van der Waals surface area contributed by atoms with E-state index < -0.39 is 10.0 Å². The van der Waals surface area contributed by atoms with E-state index in [0.717, 1.165) is 20.9 Å². The number of aromatic nitrogens is 1. The van der Waals surface area contributed by atoms with Gasteiger partial charge in [-0.05, 0) is 36.8 Å². The molecule has 3 aromatic rings. The van der Waals surface area contributed by atoms with Gasteiger partial charge in [-0.3, -0.25) is 9.59 Å². The monoisotopic (exact) mass is 467 g/mol. The molecule has 0 saturated carbocycles. The molecule has 1 aromatic carbocycles. The molecule has 0 unspecified atom stereocenters. The quantitative estimate of drug-likeness (QED) is 0.381. The first kappa shape index (κ1) is 22.5. The summed E-state index contributed by atoms with van der Waals surface area (Å²) in [7, 11) is -0.635. The minimum Gasteiger partial charge on any atom is -0.431 e. The minimum absolute atomic E-state index is 0.0473. The number of thioether (sulfide) groups is 1. The van der Waals surface area contributed by atoms with E-state index in [9.17, 15) is 18.0 Å². The second kappa shape index (κ2) is 9.29. The van der Waals surface area contributed by atoms with Gasteiger partial charge in [-0.15, -0.1) is 11.3 Å². The molecule has 0 spiro atoms. The number of carbonyl (C=O) groups excluding carboxylic acids is 2. The van der Waals surface area contributed by atoms with Crippen LogP contribution in [-0.4, -0.2) is 55.8 Å². The standard InChI is InChI=1S/C19H21N3O5S3/c1-12(23)20-9-8-13-4-7-18(29-13)16(24)11-28-19-21-15-10-14(5-6-17(15)27-19)30(25,26)22(2)3/h4-7,10H,8-9,11H2,1-3H3,(H,20,23). The third kappa shape index (κ3) is 5.28. The number of ketones is 1.